The lowest BCUT2D eigenvalue weighted by Gasteiger charge is -2.29. The number of ether oxygens (including phenoxy) is 1. The predicted octanol–water partition coefficient (Wildman–Crippen LogP) is 2.56. The van der Waals surface area contributed by atoms with Crippen LogP contribution in [0, 0.1) is 0 Å². The van der Waals surface area contributed by atoms with Crippen molar-refractivity contribution in [3.8, 4) is 5.75 Å². The number of amides is 1. The van der Waals surface area contributed by atoms with Crippen LogP contribution in [0.5, 0.6) is 5.75 Å². The van der Waals surface area contributed by atoms with Crippen LogP contribution < -0.4 is 5.63 Å². The van der Waals surface area contributed by atoms with Gasteiger partial charge in [0, 0.05) is 35.3 Å². The Morgan fingerprint density at radius 1 is 1.36 bits per heavy atom. The summed E-state index contributed by atoms with van der Waals surface area (Å²) in [4.78, 5) is 38.0. The van der Waals surface area contributed by atoms with Gasteiger partial charge < -0.3 is 19.2 Å². The zero-order chi connectivity index (χ0) is 20.1. The summed E-state index contributed by atoms with van der Waals surface area (Å²) in [5.74, 6) is 0.0693. The van der Waals surface area contributed by atoms with E-state index in [-0.39, 0.29) is 28.7 Å². The Kier molecular flexibility index (Phi) is 4.61. The molecule has 0 bridgehead atoms. The van der Waals surface area contributed by atoms with Gasteiger partial charge in [-0.1, -0.05) is 6.92 Å². The first-order chi connectivity index (χ1) is 13.3. The quantitative estimate of drug-likeness (QED) is 0.619. The van der Waals surface area contributed by atoms with Crippen LogP contribution in [0.1, 0.15) is 37.8 Å². The highest BCUT2D eigenvalue weighted by Crippen LogP contribution is 2.47. The number of benzene rings is 1. The average Bonchev–Trinajstić information content (AvgIpc) is 3.14. The molecule has 1 amide bonds. The number of carbonyl (C=O) groups excluding carboxylic acids is 2. The SMILES string of the molecule is CCc1cc2c(COC(=O)[C@@H]3CS[C@]4(C)CCC(=O)N34)cc(=O)oc2cc1O. The smallest absolute Gasteiger partial charge is 0.336 e. The highest BCUT2D eigenvalue weighted by atomic mass is 32.2. The van der Waals surface area contributed by atoms with E-state index < -0.39 is 17.6 Å². The van der Waals surface area contributed by atoms with Crippen LogP contribution in [-0.4, -0.2) is 38.5 Å². The molecule has 0 unspecified atom stereocenters. The van der Waals surface area contributed by atoms with Gasteiger partial charge in [0.25, 0.3) is 0 Å². The summed E-state index contributed by atoms with van der Waals surface area (Å²) in [6, 6.07) is 3.83. The standard InChI is InChI=1S/C20H21NO6S/c1-3-11-6-13-12(7-18(24)27-16(13)8-15(11)22)9-26-19(25)14-10-28-20(2)5-4-17(23)21(14)20/h6-8,14,22H,3-5,9-10H2,1-2H3/t14-,20+/m0/s1. The fourth-order valence-electron chi connectivity index (χ4n) is 3.95. The van der Waals surface area contributed by atoms with Gasteiger partial charge >= 0.3 is 11.6 Å². The highest BCUT2D eigenvalue weighted by Gasteiger charge is 2.53. The van der Waals surface area contributed by atoms with E-state index in [1.807, 2.05) is 13.8 Å². The molecule has 148 valence electrons. The molecular formula is C20H21NO6S. The molecule has 1 aromatic heterocycles. The number of aryl methyl sites for hydroxylation is 1. The number of hydrogen-bond donors (Lipinski definition) is 1. The number of phenolic OH excluding ortho intramolecular Hbond substituents is 1. The molecule has 3 heterocycles. The minimum Gasteiger partial charge on any atom is -0.508 e. The number of thioether (sulfide) groups is 1. The maximum atomic E-state index is 12.7. The minimum absolute atomic E-state index is 0.0247. The lowest BCUT2D eigenvalue weighted by atomic mass is 10.0. The molecule has 4 rings (SSSR count). The maximum Gasteiger partial charge on any atom is 0.336 e. The van der Waals surface area contributed by atoms with Gasteiger partial charge in [-0.2, -0.15) is 0 Å². The summed E-state index contributed by atoms with van der Waals surface area (Å²) in [6.07, 6.45) is 1.78. The van der Waals surface area contributed by atoms with E-state index >= 15 is 0 Å². The Hall–Kier alpha value is -2.48. The average molecular weight is 403 g/mol. The highest BCUT2D eigenvalue weighted by molar-refractivity contribution is 8.01. The van der Waals surface area contributed by atoms with E-state index in [4.69, 9.17) is 9.15 Å². The Bertz CT molecular complexity index is 1030. The molecule has 2 aromatic rings. The van der Waals surface area contributed by atoms with Crippen LogP contribution in [0.3, 0.4) is 0 Å². The minimum atomic E-state index is -0.605. The fraction of sp³-hybridized carbons (Fsp3) is 0.450. The number of fused-ring (bicyclic) bond motifs is 2. The number of rotatable bonds is 4. The summed E-state index contributed by atoms with van der Waals surface area (Å²) < 4.78 is 10.7. The fourth-order valence-corrected chi connectivity index (χ4v) is 5.37. The third-order valence-corrected chi connectivity index (χ3v) is 7.00. The number of esters is 1. The molecule has 2 fully saturated rings. The molecule has 2 saturated heterocycles. The van der Waals surface area contributed by atoms with Gasteiger partial charge in [0.1, 0.15) is 24.0 Å². The molecule has 28 heavy (non-hydrogen) atoms. The number of aromatic hydroxyl groups is 1. The second kappa shape index (κ2) is 6.84. The molecule has 2 aliphatic heterocycles. The normalized spacial score (nSPS) is 24.0. The third kappa shape index (κ3) is 3.05. The first-order valence-electron chi connectivity index (χ1n) is 9.24. The van der Waals surface area contributed by atoms with Gasteiger partial charge in [0.2, 0.25) is 5.91 Å². The van der Waals surface area contributed by atoms with Crippen molar-refractivity contribution >= 4 is 34.6 Å². The Morgan fingerprint density at radius 2 is 2.14 bits per heavy atom. The van der Waals surface area contributed by atoms with E-state index in [9.17, 15) is 19.5 Å². The van der Waals surface area contributed by atoms with Crippen molar-refractivity contribution < 1.29 is 23.8 Å². The van der Waals surface area contributed by atoms with Crippen molar-refractivity contribution in [1.29, 1.82) is 0 Å². The second-order valence-electron chi connectivity index (χ2n) is 7.29. The number of carbonyl (C=O) groups is 2. The van der Waals surface area contributed by atoms with E-state index in [1.54, 1.807) is 22.7 Å². The molecule has 0 saturated carbocycles. The maximum absolute atomic E-state index is 12.7. The van der Waals surface area contributed by atoms with Crippen LogP contribution in [-0.2, 0) is 27.4 Å². The van der Waals surface area contributed by atoms with Gasteiger partial charge in [-0.15, -0.1) is 11.8 Å². The number of phenols is 1. The Labute approximate surface area is 165 Å². The first-order valence-corrected chi connectivity index (χ1v) is 10.2. The summed E-state index contributed by atoms with van der Waals surface area (Å²) in [5.41, 5.74) is 0.878. The van der Waals surface area contributed by atoms with E-state index in [0.29, 0.717) is 35.1 Å². The monoisotopic (exact) mass is 403 g/mol. The third-order valence-electron chi connectivity index (χ3n) is 5.50. The zero-order valence-electron chi connectivity index (χ0n) is 15.7. The van der Waals surface area contributed by atoms with Crippen LogP contribution in [0.25, 0.3) is 11.0 Å². The molecule has 8 heteroatoms. The van der Waals surface area contributed by atoms with Gasteiger partial charge in [-0.25, -0.2) is 9.59 Å². The molecule has 7 nitrogen and oxygen atoms in total. The van der Waals surface area contributed by atoms with E-state index in [2.05, 4.69) is 0 Å². The largest absolute Gasteiger partial charge is 0.508 e. The van der Waals surface area contributed by atoms with Crippen molar-refractivity contribution in [2.45, 2.75) is 50.6 Å². The molecule has 0 radical (unpaired) electrons. The molecule has 0 spiro atoms. The molecule has 1 aromatic carbocycles. The molecule has 1 N–H and O–H groups in total. The van der Waals surface area contributed by atoms with Crippen molar-refractivity contribution in [1.82, 2.24) is 4.90 Å². The van der Waals surface area contributed by atoms with E-state index in [1.165, 1.54) is 12.1 Å². The molecular weight excluding hydrogens is 382 g/mol. The lowest BCUT2D eigenvalue weighted by Crippen LogP contribution is -2.46. The summed E-state index contributed by atoms with van der Waals surface area (Å²) in [7, 11) is 0. The molecule has 2 aliphatic rings. The summed E-state index contributed by atoms with van der Waals surface area (Å²) in [5, 5.41) is 10.6. The summed E-state index contributed by atoms with van der Waals surface area (Å²) >= 11 is 1.60. The number of hydrogen-bond acceptors (Lipinski definition) is 7. The molecule has 2 atom stereocenters. The second-order valence-corrected chi connectivity index (χ2v) is 8.80. The number of nitrogens with zero attached hydrogens (tertiary/aromatic N) is 1. The Morgan fingerprint density at radius 3 is 2.89 bits per heavy atom. The van der Waals surface area contributed by atoms with Crippen molar-refractivity contribution in [3.63, 3.8) is 0 Å². The van der Waals surface area contributed by atoms with Crippen LogP contribution >= 0.6 is 11.8 Å². The van der Waals surface area contributed by atoms with Crippen LogP contribution in [0.4, 0.5) is 0 Å². The molecule has 0 aliphatic carbocycles. The lowest BCUT2D eigenvalue weighted by molar-refractivity contribution is -0.154. The van der Waals surface area contributed by atoms with Crippen molar-refractivity contribution in [3.05, 3.63) is 39.7 Å². The Balaban J connectivity index is 1.58. The van der Waals surface area contributed by atoms with Crippen molar-refractivity contribution in [2.75, 3.05) is 5.75 Å². The van der Waals surface area contributed by atoms with Gasteiger partial charge in [0.15, 0.2) is 0 Å². The van der Waals surface area contributed by atoms with Crippen LogP contribution in [0.2, 0.25) is 0 Å². The van der Waals surface area contributed by atoms with Gasteiger partial charge in [0.05, 0.1) is 4.87 Å². The van der Waals surface area contributed by atoms with E-state index in [0.717, 1.165) is 6.42 Å². The van der Waals surface area contributed by atoms with Gasteiger partial charge in [-0.05, 0) is 31.4 Å². The zero-order valence-corrected chi connectivity index (χ0v) is 16.5. The first kappa shape index (κ1) is 18.9. The van der Waals surface area contributed by atoms with Crippen LogP contribution in [0.15, 0.2) is 27.4 Å². The van der Waals surface area contributed by atoms with Crippen molar-refractivity contribution in [2.24, 2.45) is 0 Å². The predicted molar refractivity (Wildman–Crippen MR) is 104 cm³/mol. The summed E-state index contributed by atoms with van der Waals surface area (Å²) in [6.45, 7) is 3.78. The van der Waals surface area contributed by atoms with Gasteiger partial charge in [-0.3, -0.25) is 4.79 Å². The topological polar surface area (TPSA) is 97.1 Å².